The second-order valence-electron chi connectivity index (χ2n) is 6.18. The van der Waals surface area contributed by atoms with Crippen LogP contribution in [0.3, 0.4) is 0 Å². The van der Waals surface area contributed by atoms with Gasteiger partial charge in [0.1, 0.15) is 0 Å². The van der Waals surface area contributed by atoms with E-state index in [-0.39, 0.29) is 0 Å². The summed E-state index contributed by atoms with van der Waals surface area (Å²) < 4.78 is 0. The Kier molecular flexibility index (Phi) is 8.81. The van der Waals surface area contributed by atoms with Crippen molar-refractivity contribution in [3.8, 4) is 0 Å². The third kappa shape index (κ3) is 7.70. The summed E-state index contributed by atoms with van der Waals surface area (Å²) >= 11 is 3.82. The van der Waals surface area contributed by atoms with Gasteiger partial charge in [-0.25, -0.2) is 0 Å². The Labute approximate surface area is 112 Å². The van der Waals surface area contributed by atoms with Crippen LogP contribution in [0.25, 0.3) is 0 Å². The van der Waals surface area contributed by atoms with Gasteiger partial charge in [0.05, 0.1) is 0 Å². The zero-order chi connectivity index (χ0) is 12.6. The largest absolute Gasteiger partial charge is 0.0885 e. The third-order valence-corrected chi connectivity index (χ3v) is 5.38. The lowest BCUT2D eigenvalue weighted by Crippen LogP contribution is -2.20. The summed E-state index contributed by atoms with van der Waals surface area (Å²) in [5, 5.41) is 0. The number of unbranched alkanes of at least 4 members (excludes halogenated alkanes) is 1. The smallest absolute Gasteiger partial charge is 0.0194 e. The van der Waals surface area contributed by atoms with Crippen molar-refractivity contribution < 1.29 is 0 Å². The highest BCUT2D eigenvalue weighted by Crippen LogP contribution is 2.31. The van der Waals surface area contributed by atoms with Gasteiger partial charge in [-0.1, -0.05) is 89.1 Å². The van der Waals surface area contributed by atoms with Crippen LogP contribution in [-0.2, 0) is 0 Å². The zero-order valence-electron chi connectivity index (χ0n) is 12.0. The van der Waals surface area contributed by atoms with E-state index in [1.807, 2.05) is 0 Å². The highest BCUT2D eigenvalue weighted by Gasteiger charge is 2.21. The molecule has 0 aromatic rings. The monoisotopic (exact) mass is 290 g/mol. The maximum atomic E-state index is 3.82. The van der Waals surface area contributed by atoms with E-state index in [2.05, 4.69) is 50.5 Å². The molecule has 0 amide bonds. The molecule has 0 fully saturated rings. The fraction of sp³-hybridized carbons (Fsp3) is 1.00. The van der Waals surface area contributed by atoms with Crippen LogP contribution in [0.15, 0.2) is 0 Å². The minimum atomic E-state index is 0.408. The molecule has 0 radical (unpaired) electrons. The highest BCUT2D eigenvalue weighted by atomic mass is 79.9. The molecule has 0 rings (SSSR count). The summed E-state index contributed by atoms with van der Waals surface area (Å²) in [6.07, 6.45) is 9.70. The van der Waals surface area contributed by atoms with Crippen LogP contribution < -0.4 is 0 Å². The predicted molar refractivity (Wildman–Crippen MR) is 79.3 cm³/mol. The Morgan fingerprint density at radius 1 is 0.938 bits per heavy atom. The van der Waals surface area contributed by atoms with Crippen molar-refractivity contribution >= 4 is 15.9 Å². The van der Waals surface area contributed by atoms with Gasteiger partial charge in [0.25, 0.3) is 0 Å². The molecule has 0 aliphatic carbocycles. The molecule has 0 saturated heterocycles. The van der Waals surface area contributed by atoms with Crippen LogP contribution in [0.4, 0.5) is 0 Å². The van der Waals surface area contributed by atoms with Gasteiger partial charge in [-0.2, -0.15) is 0 Å². The molecule has 0 aliphatic heterocycles. The van der Waals surface area contributed by atoms with E-state index in [0.717, 1.165) is 5.92 Å². The highest BCUT2D eigenvalue weighted by molar-refractivity contribution is 9.09. The van der Waals surface area contributed by atoms with Crippen LogP contribution in [0, 0.1) is 11.3 Å². The van der Waals surface area contributed by atoms with E-state index in [9.17, 15) is 0 Å². The van der Waals surface area contributed by atoms with Gasteiger partial charge in [0.15, 0.2) is 0 Å². The number of hydrogen-bond donors (Lipinski definition) is 0. The molecule has 0 saturated carbocycles. The van der Waals surface area contributed by atoms with Gasteiger partial charge < -0.3 is 0 Å². The average molecular weight is 291 g/mol. The van der Waals surface area contributed by atoms with E-state index in [1.54, 1.807) is 0 Å². The zero-order valence-corrected chi connectivity index (χ0v) is 13.6. The number of halogens is 1. The maximum absolute atomic E-state index is 3.82. The molecule has 0 nitrogen and oxygen atoms in total. The van der Waals surface area contributed by atoms with Crippen molar-refractivity contribution in [2.45, 2.75) is 84.4 Å². The molecule has 0 spiro atoms. The Hall–Kier alpha value is 0.480. The van der Waals surface area contributed by atoms with Crippen LogP contribution in [0.2, 0.25) is 0 Å². The van der Waals surface area contributed by atoms with Gasteiger partial charge in [-0.05, 0) is 17.8 Å². The Morgan fingerprint density at radius 3 is 1.94 bits per heavy atom. The van der Waals surface area contributed by atoms with Gasteiger partial charge in [-0.15, -0.1) is 0 Å². The third-order valence-electron chi connectivity index (χ3n) is 3.55. The summed E-state index contributed by atoms with van der Waals surface area (Å²) in [5.74, 6) is 0.972. The lowest BCUT2D eigenvalue weighted by atomic mass is 9.87. The first-order chi connectivity index (χ1) is 7.41. The molecule has 0 N–H and O–H groups in total. The SMILES string of the molecule is CCCCC(CC)CCCC(Br)C(C)(C)C. The lowest BCUT2D eigenvalue weighted by Gasteiger charge is -2.26. The quantitative estimate of drug-likeness (QED) is 0.468. The average Bonchev–Trinajstić information content (AvgIpc) is 2.21. The Morgan fingerprint density at radius 2 is 1.50 bits per heavy atom. The standard InChI is InChI=1S/C15H31Br/c1-6-8-10-13(7-2)11-9-12-14(16)15(3,4)5/h13-14H,6-12H2,1-5H3. The van der Waals surface area contributed by atoms with Gasteiger partial charge >= 0.3 is 0 Å². The molecule has 0 aromatic carbocycles. The maximum Gasteiger partial charge on any atom is 0.0194 e. The summed E-state index contributed by atoms with van der Waals surface area (Å²) in [6, 6.07) is 0. The summed E-state index contributed by atoms with van der Waals surface area (Å²) in [4.78, 5) is 0.670. The molecule has 2 atom stereocenters. The molecule has 16 heavy (non-hydrogen) atoms. The molecule has 98 valence electrons. The first-order valence-electron chi connectivity index (χ1n) is 7.05. The van der Waals surface area contributed by atoms with E-state index in [0.29, 0.717) is 10.2 Å². The van der Waals surface area contributed by atoms with Crippen molar-refractivity contribution in [1.29, 1.82) is 0 Å². The van der Waals surface area contributed by atoms with Crippen molar-refractivity contribution in [2.24, 2.45) is 11.3 Å². The van der Waals surface area contributed by atoms with Crippen molar-refractivity contribution in [3.63, 3.8) is 0 Å². The fourth-order valence-electron chi connectivity index (χ4n) is 2.06. The fourth-order valence-corrected chi connectivity index (χ4v) is 2.39. The molecular formula is C15H31Br. The summed E-state index contributed by atoms with van der Waals surface area (Å²) in [5.41, 5.74) is 0.408. The number of hydrogen-bond acceptors (Lipinski definition) is 0. The minimum absolute atomic E-state index is 0.408. The van der Waals surface area contributed by atoms with E-state index in [1.165, 1.54) is 44.9 Å². The summed E-state index contributed by atoms with van der Waals surface area (Å²) in [6.45, 7) is 11.6. The number of alkyl halides is 1. The van der Waals surface area contributed by atoms with Crippen LogP contribution in [0.5, 0.6) is 0 Å². The first-order valence-corrected chi connectivity index (χ1v) is 7.97. The molecule has 1 heteroatoms. The molecule has 2 unspecified atom stereocenters. The van der Waals surface area contributed by atoms with Gasteiger partial charge in [0.2, 0.25) is 0 Å². The Bertz CT molecular complexity index is 157. The van der Waals surface area contributed by atoms with Crippen LogP contribution in [0.1, 0.15) is 79.6 Å². The van der Waals surface area contributed by atoms with Gasteiger partial charge in [0, 0.05) is 4.83 Å². The molecule has 0 heterocycles. The molecule has 0 aliphatic rings. The van der Waals surface area contributed by atoms with Crippen LogP contribution >= 0.6 is 15.9 Å². The Balaban J connectivity index is 3.69. The molecular weight excluding hydrogens is 260 g/mol. The molecule has 0 bridgehead atoms. The predicted octanol–water partition coefficient (Wildman–Crippen LogP) is 6.18. The second kappa shape index (κ2) is 8.55. The van der Waals surface area contributed by atoms with E-state index in [4.69, 9.17) is 0 Å². The lowest BCUT2D eigenvalue weighted by molar-refractivity contribution is 0.352. The van der Waals surface area contributed by atoms with Crippen molar-refractivity contribution in [1.82, 2.24) is 0 Å². The second-order valence-corrected chi connectivity index (χ2v) is 7.29. The van der Waals surface area contributed by atoms with Crippen molar-refractivity contribution in [2.75, 3.05) is 0 Å². The van der Waals surface area contributed by atoms with Crippen molar-refractivity contribution in [3.05, 3.63) is 0 Å². The topological polar surface area (TPSA) is 0 Å². The molecule has 0 aromatic heterocycles. The van der Waals surface area contributed by atoms with Crippen LogP contribution in [-0.4, -0.2) is 4.83 Å². The summed E-state index contributed by atoms with van der Waals surface area (Å²) in [7, 11) is 0. The van der Waals surface area contributed by atoms with Gasteiger partial charge in [-0.3, -0.25) is 0 Å². The van der Waals surface area contributed by atoms with E-state index >= 15 is 0 Å². The first kappa shape index (κ1) is 16.5. The minimum Gasteiger partial charge on any atom is -0.0885 e. The van der Waals surface area contributed by atoms with E-state index < -0.39 is 0 Å². The number of rotatable bonds is 8. The normalized spacial score (nSPS) is 16.1.